The second-order valence-corrected chi connectivity index (χ2v) is 10.9. The van der Waals surface area contributed by atoms with Gasteiger partial charge in [0.05, 0.1) is 12.6 Å². The Morgan fingerprint density at radius 3 is 2.55 bits per heavy atom. The van der Waals surface area contributed by atoms with Crippen LogP contribution in [0.25, 0.3) is 10.9 Å². The molecule has 7 heteroatoms. The maximum absolute atomic E-state index is 12.9. The first-order valence-corrected chi connectivity index (χ1v) is 13.6. The Bertz CT molecular complexity index is 1410. The summed E-state index contributed by atoms with van der Waals surface area (Å²) < 4.78 is 18.1. The molecule has 2 atom stereocenters. The number of aliphatic hydroxyl groups is 1. The van der Waals surface area contributed by atoms with Crippen LogP contribution in [-0.2, 0) is 5.60 Å². The third-order valence-electron chi connectivity index (χ3n) is 7.17. The number of unbranched alkanes of at least 4 members (excludes halogenated alkanes) is 1. The molecule has 0 aliphatic carbocycles. The Labute approximate surface area is 232 Å². The molecular weight excluding hydrogens is 544 g/mol. The van der Waals surface area contributed by atoms with Gasteiger partial charge in [0.25, 0.3) is 0 Å². The number of pyridine rings is 1. The van der Waals surface area contributed by atoms with Gasteiger partial charge in [0.15, 0.2) is 11.5 Å². The van der Waals surface area contributed by atoms with Crippen molar-refractivity contribution in [3.63, 3.8) is 0 Å². The molecular formula is C31H33BrN2O4. The Morgan fingerprint density at radius 1 is 1.00 bits per heavy atom. The number of methoxy groups -OCH3 is 1. The largest absolute Gasteiger partial charge is 0.481 e. The summed E-state index contributed by atoms with van der Waals surface area (Å²) in [4.78, 5) is 7.03. The summed E-state index contributed by atoms with van der Waals surface area (Å²) in [5, 5.41) is 13.9. The minimum absolute atomic E-state index is 0.180. The second kappa shape index (κ2) is 11.3. The van der Waals surface area contributed by atoms with Crippen molar-refractivity contribution in [1.82, 2.24) is 9.88 Å². The molecule has 38 heavy (non-hydrogen) atoms. The van der Waals surface area contributed by atoms with Gasteiger partial charge >= 0.3 is 0 Å². The van der Waals surface area contributed by atoms with Crippen molar-refractivity contribution in [2.75, 3.05) is 34.5 Å². The molecule has 0 amide bonds. The number of hydrogen-bond acceptors (Lipinski definition) is 6. The number of nitrogens with zero attached hydrogens (tertiary/aromatic N) is 2. The lowest BCUT2D eigenvalue weighted by molar-refractivity contribution is 0.00663. The predicted molar refractivity (Wildman–Crippen MR) is 153 cm³/mol. The molecule has 0 fully saturated rings. The van der Waals surface area contributed by atoms with Gasteiger partial charge in [-0.25, -0.2) is 4.98 Å². The molecule has 1 aliphatic heterocycles. The zero-order chi connectivity index (χ0) is 26.7. The number of ether oxygens (including phenoxy) is 3. The van der Waals surface area contributed by atoms with Crippen LogP contribution in [-0.4, -0.2) is 49.5 Å². The fourth-order valence-corrected chi connectivity index (χ4v) is 5.70. The van der Waals surface area contributed by atoms with Crippen molar-refractivity contribution < 1.29 is 19.3 Å². The first-order valence-electron chi connectivity index (χ1n) is 12.9. The zero-order valence-electron chi connectivity index (χ0n) is 22.0. The molecule has 0 saturated heterocycles. The monoisotopic (exact) mass is 576 g/mol. The van der Waals surface area contributed by atoms with E-state index in [1.807, 2.05) is 54.6 Å². The standard InChI is InChI=1S/C31H33BrN2O4/c1-34(2)16-8-7-15-31(35,23-11-14-27-28(19-23)38-20-37-27)29(21-9-5-4-6-10-21)25-18-22-17-24(32)12-13-26(22)33-30(25)36-3/h4-6,9-14,17-19,29,35H,7-8,15-16,20H2,1-3H3. The molecule has 0 saturated carbocycles. The maximum atomic E-state index is 12.9. The third kappa shape index (κ3) is 5.37. The molecule has 0 bridgehead atoms. The molecule has 1 N–H and O–H groups in total. The van der Waals surface area contributed by atoms with Crippen LogP contribution in [0.3, 0.4) is 0 Å². The minimum Gasteiger partial charge on any atom is -0.481 e. The second-order valence-electron chi connectivity index (χ2n) is 10.0. The van der Waals surface area contributed by atoms with E-state index in [-0.39, 0.29) is 6.79 Å². The van der Waals surface area contributed by atoms with Gasteiger partial charge in [-0.05, 0) is 87.4 Å². The van der Waals surface area contributed by atoms with E-state index in [0.717, 1.165) is 51.5 Å². The average molecular weight is 578 g/mol. The van der Waals surface area contributed by atoms with Crippen molar-refractivity contribution in [1.29, 1.82) is 0 Å². The molecule has 4 aromatic rings. The summed E-state index contributed by atoms with van der Waals surface area (Å²) in [7, 11) is 5.77. The van der Waals surface area contributed by atoms with Crippen molar-refractivity contribution in [2.24, 2.45) is 0 Å². The third-order valence-corrected chi connectivity index (χ3v) is 7.66. The number of hydrogen-bond donors (Lipinski definition) is 1. The number of fused-ring (bicyclic) bond motifs is 2. The lowest BCUT2D eigenvalue weighted by Crippen LogP contribution is -2.35. The van der Waals surface area contributed by atoms with E-state index in [9.17, 15) is 5.11 Å². The summed E-state index contributed by atoms with van der Waals surface area (Å²) in [6.07, 6.45) is 2.34. The normalized spacial score (nSPS) is 15.0. The maximum Gasteiger partial charge on any atom is 0.231 e. The van der Waals surface area contributed by atoms with Crippen LogP contribution in [0.5, 0.6) is 17.4 Å². The highest BCUT2D eigenvalue weighted by Gasteiger charge is 2.42. The molecule has 2 heterocycles. The first kappa shape index (κ1) is 26.5. The smallest absolute Gasteiger partial charge is 0.231 e. The number of benzene rings is 3. The van der Waals surface area contributed by atoms with Crippen LogP contribution >= 0.6 is 15.9 Å². The summed E-state index contributed by atoms with van der Waals surface area (Å²) in [5.74, 6) is 1.39. The van der Waals surface area contributed by atoms with Crippen molar-refractivity contribution in [3.05, 3.63) is 94.0 Å². The van der Waals surface area contributed by atoms with Gasteiger partial charge in [-0.15, -0.1) is 0 Å². The summed E-state index contributed by atoms with van der Waals surface area (Å²) in [5.41, 5.74) is 2.14. The number of rotatable bonds is 10. The van der Waals surface area contributed by atoms with E-state index < -0.39 is 11.5 Å². The fourth-order valence-electron chi connectivity index (χ4n) is 5.32. The molecule has 0 radical (unpaired) electrons. The fraction of sp³-hybridized carbons (Fsp3) is 0.323. The van der Waals surface area contributed by atoms with Crippen LogP contribution in [0.1, 0.15) is 41.9 Å². The highest BCUT2D eigenvalue weighted by atomic mass is 79.9. The average Bonchev–Trinajstić information content (AvgIpc) is 3.39. The van der Waals surface area contributed by atoms with Gasteiger partial charge in [0, 0.05) is 21.3 Å². The number of aromatic nitrogens is 1. The van der Waals surface area contributed by atoms with Crippen LogP contribution in [0.4, 0.5) is 0 Å². The van der Waals surface area contributed by atoms with E-state index in [2.05, 4.69) is 53.1 Å². The van der Waals surface area contributed by atoms with Gasteiger partial charge < -0.3 is 24.2 Å². The van der Waals surface area contributed by atoms with Gasteiger partial charge in [0.1, 0.15) is 5.60 Å². The van der Waals surface area contributed by atoms with E-state index in [4.69, 9.17) is 19.2 Å². The summed E-state index contributed by atoms with van der Waals surface area (Å²) >= 11 is 3.59. The Morgan fingerprint density at radius 2 is 1.79 bits per heavy atom. The minimum atomic E-state index is -1.27. The Hall–Kier alpha value is -3.13. The predicted octanol–water partition coefficient (Wildman–Crippen LogP) is 6.49. The van der Waals surface area contributed by atoms with Crippen molar-refractivity contribution in [3.8, 4) is 17.4 Å². The molecule has 1 aliphatic rings. The molecule has 1 aromatic heterocycles. The van der Waals surface area contributed by atoms with E-state index in [0.29, 0.717) is 23.8 Å². The molecule has 5 rings (SSSR count). The molecule has 0 spiro atoms. The molecule has 198 valence electrons. The Balaban J connectivity index is 1.71. The van der Waals surface area contributed by atoms with Crippen LogP contribution in [0.15, 0.2) is 77.3 Å². The van der Waals surface area contributed by atoms with E-state index in [1.54, 1.807) is 7.11 Å². The molecule has 6 nitrogen and oxygen atoms in total. The highest BCUT2D eigenvalue weighted by molar-refractivity contribution is 9.10. The van der Waals surface area contributed by atoms with Crippen LogP contribution in [0.2, 0.25) is 0 Å². The van der Waals surface area contributed by atoms with Crippen molar-refractivity contribution in [2.45, 2.75) is 30.8 Å². The lowest BCUT2D eigenvalue weighted by atomic mass is 9.71. The van der Waals surface area contributed by atoms with Gasteiger partial charge in [0.2, 0.25) is 12.7 Å². The topological polar surface area (TPSA) is 64.1 Å². The highest BCUT2D eigenvalue weighted by Crippen LogP contribution is 2.49. The molecule has 3 aromatic carbocycles. The zero-order valence-corrected chi connectivity index (χ0v) is 23.6. The Kier molecular flexibility index (Phi) is 7.88. The SMILES string of the molecule is COc1nc2ccc(Br)cc2cc1C(c1ccccc1)C(O)(CCCCN(C)C)c1ccc2c(c1)OCO2. The first-order chi connectivity index (χ1) is 18.4. The quantitative estimate of drug-likeness (QED) is 0.218. The molecule has 2 unspecified atom stereocenters. The van der Waals surface area contributed by atoms with E-state index >= 15 is 0 Å². The van der Waals surface area contributed by atoms with Crippen LogP contribution in [0, 0.1) is 0 Å². The van der Waals surface area contributed by atoms with Crippen LogP contribution < -0.4 is 14.2 Å². The van der Waals surface area contributed by atoms with Gasteiger partial charge in [-0.3, -0.25) is 0 Å². The van der Waals surface area contributed by atoms with E-state index in [1.165, 1.54) is 0 Å². The lowest BCUT2D eigenvalue weighted by Gasteiger charge is -2.38. The van der Waals surface area contributed by atoms with Gasteiger partial charge in [-0.1, -0.05) is 52.3 Å². The summed E-state index contributed by atoms with van der Waals surface area (Å²) in [6.45, 7) is 1.13. The summed E-state index contributed by atoms with van der Waals surface area (Å²) in [6, 6.07) is 24.0. The number of halogens is 1. The van der Waals surface area contributed by atoms with Gasteiger partial charge in [-0.2, -0.15) is 0 Å². The van der Waals surface area contributed by atoms with Crippen molar-refractivity contribution >= 4 is 26.8 Å².